The van der Waals surface area contributed by atoms with Crippen LogP contribution in [0.5, 0.6) is 23.0 Å². The smallest absolute Gasteiger partial charge is 0.343 e. The van der Waals surface area contributed by atoms with Gasteiger partial charge in [-0.25, -0.2) is 9.59 Å². The maximum Gasteiger partial charge on any atom is 0.343 e. The normalized spacial score (nSPS) is 10.6. The summed E-state index contributed by atoms with van der Waals surface area (Å²) >= 11 is 0. The van der Waals surface area contributed by atoms with Crippen LogP contribution in [-0.2, 0) is 35.3 Å². The van der Waals surface area contributed by atoms with Gasteiger partial charge < -0.3 is 18.9 Å². The molecule has 0 fully saturated rings. The maximum atomic E-state index is 12.9. The molecular weight excluding hydrogens is 684 g/mol. The summed E-state index contributed by atoms with van der Waals surface area (Å²) in [5, 5.41) is 0. The summed E-state index contributed by atoms with van der Waals surface area (Å²) in [5.74, 6) is -1.64. The average molecular weight is 727 g/mol. The third-order valence-corrected chi connectivity index (χ3v) is 8.52. The molecule has 5 aromatic carbocycles. The van der Waals surface area contributed by atoms with Crippen molar-refractivity contribution in [2.24, 2.45) is 0 Å². The number of aldehydes is 1. The van der Waals surface area contributed by atoms with E-state index in [9.17, 15) is 24.0 Å². The van der Waals surface area contributed by atoms with Gasteiger partial charge in [0.1, 0.15) is 23.0 Å². The van der Waals surface area contributed by atoms with Gasteiger partial charge in [-0.15, -0.1) is 0 Å². The molecule has 0 spiro atoms. The molecule has 0 amide bonds. The van der Waals surface area contributed by atoms with E-state index in [0.29, 0.717) is 24.9 Å². The summed E-state index contributed by atoms with van der Waals surface area (Å²) < 4.78 is 21.7. The van der Waals surface area contributed by atoms with Crippen molar-refractivity contribution in [1.29, 1.82) is 0 Å². The molecule has 0 aliphatic rings. The topological polar surface area (TPSA) is 122 Å². The van der Waals surface area contributed by atoms with E-state index in [1.165, 1.54) is 77.9 Å². The molecule has 9 heteroatoms. The second-order valence-electron chi connectivity index (χ2n) is 12.7. The first kappa shape index (κ1) is 38.9. The molecular formula is C45H42O9. The molecule has 5 rings (SSSR count). The van der Waals surface area contributed by atoms with Crippen molar-refractivity contribution >= 4 is 30.2 Å². The molecule has 0 saturated heterocycles. The number of hydrogen-bond acceptors (Lipinski definition) is 9. The predicted molar refractivity (Wildman–Crippen MR) is 203 cm³/mol. The Morgan fingerprint density at radius 2 is 0.852 bits per heavy atom. The van der Waals surface area contributed by atoms with E-state index < -0.39 is 23.9 Å². The van der Waals surface area contributed by atoms with Crippen LogP contribution >= 0.6 is 0 Å². The molecule has 9 nitrogen and oxygen atoms in total. The van der Waals surface area contributed by atoms with Gasteiger partial charge in [-0.1, -0.05) is 75.2 Å². The van der Waals surface area contributed by atoms with Crippen molar-refractivity contribution in [2.45, 2.75) is 65.2 Å². The van der Waals surface area contributed by atoms with E-state index in [4.69, 9.17) is 18.9 Å². The molecule has 54 heavy (non-hydrogen) atoms. The molecule has 0 N–H and O–H groups in total. The van der Waals surface area contributed by atoms with Gasteiger partial charge >= 0.3 is 23.9 Å². The first-order valence-corrected chi connectivity index (χ1v) is 18.0. The summed E-state index contributed by atoms with van der Waals surface area (Å²) in [6.45, 7) is 4.26. The summed E-state index contributed by atoms with van der Waals surface area (Å²) in [6.07, 6.45) is 6.18. The third kappa shape index (κ3) is 11.6. The fourth-order valence-electron chi connectivity index (χ4n) is 5.60. The van der Waals surface area contributed by atoms with E-state index in [1.807, 2.05) is 24.3 Å². The number of rotatable bonds is 17. The fourth-order valence-corrected chi connectivity index (χ4v) is 5.60. The van der Waals surface area contributed by atoms with E-state index in [0.717, 1.165) is 36.8 Å². The molecule has 0 atom stereocenters. The molecule has 0 heterocycles. The summed E-state index contributed by atoms with van der Waals surface area (Å²) in [6, 6.07) is 32.2. The van der Waals surface area contributed by atoms with Crippen molar-refractivity contribution in [2.75, 3.05) is 0 Å². The highest BCUT2D eigenvalue weighted by atomic mass is 16.5. The summed E-state index contributed by atoms with van der Waals surface area (Å²) in [4.78, 5) is 62.3. The lowest BCUT2D eigenvalue weighted by molar-refractivity contribution is -0.135. The van der Waals surface area contributed by atoms with Gasteiger partial charge in [0, 0.05) is 12.8 Å². The van der Waals surface area contributed by atoms with E-state index in [1.54, 1.807) is 0 Å². The van der Waals surface area contributed by atoms with Gasteiger partial charge in [-0.05, 0) is 115 Å². The Morgan fingerprint density at radius 1 is 0.463 bits per heavy atom. The number of carbonyl (C=O) groups is 5. The van der Waals surface area contributed by atoms with Crippen LogP contribution in [0.4, 0.5) is 0 Å². The lowest BCUT2D eigenvalue weighted by Crippen LogP contribution is -2.12. The van der Waals surface area contributed by atoms with E-state index in [-0.39, 0.29) is 46.8 Å². The second-order valence-corrected chi connectivity index (χ2v) is 12.7. The highest BCUT2D eigenvalue weighted by Crippen LogP contribution is 2.26. The van der Waals surface area contributed by atoms with Crippen molar-refractivity contribution in [3.63, 3.8) is 0 Å². The molecule has 0 bridgehead atoms. The van der Waals surface area contributed by atoms with Crippen LogP contribution in [0.25, 0.3) is 0 Å². The maximum absolute atomic E-state index is 12.9. The first-order valence-electron chi connectivity index (χ1n) is 18.0. The zero-order valence-electron chi connectivity index (χ0n) is 30.4. The van der Waals surface area contributed by atoms with Crippen molar-refractivity contribution in [3.05, 3.63) is 154 Å². The number of benzene rings is 5. The molecule has 0 unspecified atom stereocenters. The Bertz CT molecular complexity index is 2050. The molecule has 0 radical (unpaired) electrons. The van der Waals surface area contributed by atoms with Crippen molar-refractivity contribution in [3.8, 4) is 23.0 Å². The van der Waals surface area contributed by atoms with Crippen LogP contribution < -0.4 is 18.9 Å². The molecule has 0 aliphatic heterocycles. The minimum absolute atomic E-state index is 0.0154. The van der Waals surface area contributed by atoms with E-state index in [2.05, 4.69) is 38.1 Å². The molecule has 0 saturated carbocycles. The molecule has 0 aromatic heterocycles. The van der Waals surface area contributed by atoms with Gasteiger partial charge in [-0.3, -0.25) is 14.4 Å². The summed E-state index contributed by atoms with van der Waals surface area (Å²) in [7, 11) is 0. The highest BCUT2D eigenvalue weighted by Gasteiger charge is 2.16. The molecule has 5 aromatic rings. The minimum Gasteiger partial charge on any atom is -0.427 e. The van der Waals surface area contributed by atoms with Crippen molar-refractivity contribution < 1.29 is 42.9 Å². The van der Waals surface area contributed by atoms with Gasteiger partial charge in [0.25, 0.3) is 0 Å². The number of hydrogen-bond donors (Lipinski definition) is 0. The van der Waals surface area contributed by atoms with Crippen LogP contribution in [0, 0.1) is 0 Å². The fraction of sp³-hybridized carbons (Fsp3) is 0.222. The Hall–Kier alpha value is -6.35. The molecule has 0 aliphatic carbocycles. The molecule has 276 valence electrons. The number of carbonyl (C=O) groups excluding carboxylic acids is 5. The highest BCUT2D eigenvalue weighted by molar-refractivity contribution is 5.94. The minimum atomic E-state index is -0.742. The van der Waals surface area contributed by atoms with E-state index >= 15 is 0 Å². The first-order chi connectivity index (χ1) is 26.2. The average Bonchev–Trinajstić information content (AvgIpc) is 3.18. The second kappa shape index (κ2) is 19.5. The lowest BCUT2D eigenvalue weighted by Gasteiger charge is -2.10. The quantitative estimate of drug-likeness (QED) is 0.0525. The SMILES string of the molecule is CCCc1ccc(CCC(=O)Oc2ccc(C(=O)Oc3ccc(OC(=O)c4ccc(OC(=O)CCc5ccc(CCC)cc5)cc4)c(C=O)c3)cc2)cc1. The van der Waals surface area contributed by atoms with Crippen LogP contribution in [-0.4, -0.2) is 30.2 Å². The van der Waals surface area contributed by atoms with Crippen LogP contribution in [0.15, 0.2) is 115 Å². The summed E-state index contributed by atoms with van der Waals surface area (Å²) in [5.41, 5.74) is 4.97. The van der Waals surface area contributed by atoms with Crippen LogP contribution in [0.1, 0.15) is 92.9 Å². The van der Waals surface area contributed by atoms with Crippen LogP contribution in [0.3, 0.4) is 0 Å². The zero-order chi connectivity index (χ0) is 38.3. The Labute approximate surface area is 314 Å². The van der Waals surface area contributed by atoms with Gasteiger partial charge in [0.05, 0.1) is 16.7 Å². The largest absolute Gasteiger partial charge is 0.427 e. The number of ether oxygens (including phenoxy) is 4. The lowest BCUT2D eigenvalue weighted by atomic mass is 10.0. The third-order valence-electron chi connectivity index (χ3n) is 8.52. The predicted octanol–water partition coefficient (Wildman–Crippen LogP) is 8.92. The zero-order valence-corrected chi connectivity index (χ0v) is 30.4. The monoisotopic (exact) mass is 726 g/mol. The Balaban J connectivity index is 1.08. The number of esters is 4. The van der Waals surface area contributed by atoms with Crippen LogP contribution in [0.2, 0.25) is 0 Å². The van der Waals surface area contributed by atoms with Crippen molar-refractivity contribution in [1.82, 2.24) is 0 Å². The van der Waals surface area contributed by atoms with Gasteiger partial charge in [0.15, 0.2) is 6.29 Å². The Kier molecular flexibility index (Phi) is 14.0. The number of aryl methyl sites for hydroxylation is 4. The Morgan fingerprint density at radius 3 is 1.26 bits per heavy atom. The van der Waals surface area contributed by atoms with Gasteiger partial charge in [-0.2, -0.15) is 0 Å². The standard InChI is InChI=1S/C45H42O9/c1-3-5-31-7-11-33(12-8-31)15-27-42(47)51-38-21-17-35(18-22-38)44(49)53-40-25-26-41(37(29-40)30-46)54-45(50)36-19-23-39(24-20-36)52-43(48)28-16-34-13-9-32(6-4-2)10-14-34/h7-14,17-26,29-30H,3-6,15-16,27-28H2,1-2H3. The van der Waals surface area contributed by atoms with Gasteiger partial charge in [0.2, 0.25) is 0 Å².